The quantitative estimate of drug-likeness (QED) is 0.592. The Morgan fingerprint density at radius 2 is 1.76 bits per heavy atom. The van der Waals surface area contributed by atoms with Crippen LogP contribution in [-0.4, -0.2) is 37.6 Å². The molecule has 0 bridgehead atoms. The number of amides is 1. The number of halogens is 1. The predicted molar refractivity (Wildman–Crippen MR) is 77.8 cm³/mol. The van der Waals surface area contributed by atoms with Gasteiger partial charge in [0, 0.05) is 23.5 Å². The van der Waals surface area contributed by atoms with Crippen LogP contribution in [0, 0.1) is 0 Å². The monoisotopic (exact) mass is 355 g/mol. The third-order valence-electron chi connectivity index (χ3n) is 3.47. The number of rotatable bonds is 2. The van der Waals surface area contributed by atoms with E-state index in [2.05, 4.69) is 15.9 Å². The minimum atomic E-state index is -1.81. The standard InChI is InChI=1S/C14H14BrNO5/c1-8(17)16-11-5-4-10(15)6-9(11)7-14(16,12(18)20-2)13(19)21-3/h4-6H,7H2,1-3H3. The zero-order valence-electron chi connectivity index (χ0n) is 11.8. The number of nitrogens with zero attached hydrogens (tertiary/aromatic N) is 1. The van der Waals surface area contributed by atoms with Crippen LogP contribution in [0.25, 0.3) is 0 Å². The lowest BCUT2D eigenvalue weighted by molar-refractivity contribution is -0.162. The number of esters is 2. The van der Waals surface area contributed by atoms with Crippen LogP contribution >= 0.6 is 15.9 Å². The molecule has 0 saturated heterocycles. The van der Waals surface area contributed by atoms with Crippen molar-refractivity contribution >= 4 is 39.5 Å². The second kappa shape index (κ2) is 5.48. The number of benzene rings is 1. The molecular formula is C14H14BrNO5. The lowest BCUT2D eigenvalue weighted by Crippen LogP contribution is -2.61. The first-order valence-corrected chi connectivity index (χ1v) is 6.94. The summed E-state index contributed by atoms with van der Waals surface area (Å²) in [6.45, 7) is 1.29. The van der Waals surface area contributed by atoms with E-state index in [1.165, 1.54) is 21.1 Å². The predicted octanol–water partition coefficient (Wildman–Crippen LogP) is 1.44. The molecule has 1 aliphatic heterocycles. The molecule has 112 valence electrons. The van der Waals surface area contributed by atoms with Gasteiger partial charge in [0.15, 0.2) is 0 Å². The van der Waals surface area contributed by atoms with Gasteiger partial charge in [-0.3, -0.25) is 9.69 Å². The van der Waals surface area contributed by atoms with Crippen LogP contribution in [0.15, 0.2) is 22.7 Å². The highest BCUT2D eigenvalue weighted by atomic mass is 79.9. The molecule has 1 aromatic carbocycles. The van der Waals surface area contributed by atoms with Gasteiger partial charge in [-0.05, 0) is 23.8 Å². The van der Waals surface area contributed by atoms with Crippen molar-refractivity contribution < 1.29 is 23.9 Å². The van der Waals surface area contributed by atoms with Crippen LogP contribution in [0.5, 0.6) is 0 Å². The van der Waals surface area contributed by atoms with Gasteiger partial charge in [-0.25, -0.2) is 9.59 Å². The van der Waals surface area contributed by atoms with Crippen molar-refractivity contribution in [3.63, 3.8) is 0 Å². The molecule has 0 spiro atoms. The number of hydrogen-bond donors (Lipinski definition) is 0. The largest absolute Gasteiger partial charge is 0.467 e. The molecule has 7 heteroatoms. The lowest BCUT2D eigenvalue weighted by atomic mass is 9.94. The molecule has 21 heavy (non-hydrogen) atoms. The number of anilines is 1. The van der Waals surface area contributed by atoms with Crippen molar-refractivity contribution in [2.75, 3.05) is 19.1 Å². The summed E-state index contributed by atoms with van der Waals surface area (Å²) in [4.78, 5) is 37.7. The summed E-state index contributed by atoms with van der Waals surface area (Å²) < 4.78 is 10.3. The Morgan fingerprint density at radius 3 is 2.24 bits per heavy atom. The molecule has 1 aromatic rings. The number of carbonyl (C=O) groups is 3. The van der Waals surface area contributed by atoms with Gasteiger partial charge in [-0.1, -0.05) is 15.9 Å². The third kappa shape index (κ3) is 2.21. The van der Waals surface area contributed by atoms with E-state index in [-0.39, 0.29) is 6.42 Å². The van der Waals surface area contributed by atoms with Crippen LogP contribution < -0.4 is 4.90 Å². The van der Waals surface area contributed by atoms with Crippen LogP contribution in [0.3, 0.4) is 0 Å². The van der Waals surface area contributed by atoms with Gasteiger partial charge in [-0.15, -0.1) is 0 Å². The first-order chi connectivity index (χ1) is 9.88. The summed E-state index contributed by atoms with van der Waals surface area (Å²) >= 11 is 3.33. The van der Waals surface area contributed by atoms with Gasteiger partial charge in [0.1, 0.15) is 0 Å². The summed E-state index contributed by atoms with van der Waals surface area (Å²) in [6.07, 6.45) is 0.0146. The van der Waals surface area contributed by atoms with Crippen LogP contribution in [0.4, 0.5) is 5.69 Å². The highest BCUT2D eigenvalue weighted by Gasteiger charge is 2.59. The van der Waals surface area contributed by atoms with Crippen molar-refractivity contribution in [2.24, 2.45) is 0 Å². The zero-order chi connectivity index (χ0) is 15.8. The Balaban J connectivity index is 2.69. The smallest absolute Gasteiger partial charge is 0.344 e. The average molecular weight is 356 g/mol. The number of ether oxygens (including phenoxy) is 2. The van der Waals surface area contributed by atoms with E-state index in [1.54, 1.807) is 18.2 Å². The molecule has 0 saturated carbocycles. The summed E-state index contributed by atoms with van der Waals surface area (Å²) in [5.74, 6) is -2.08. The van der Waals surface area contributed by atoms with E-state index in [1.807, 2.05) is 0 Å². The van der Waals surface area contributed by atoms with Gasteiger partial charge >= 0.3 is 11.9 Å². The number of methoxy groups -OCH3 is 2. The van der Waals surface area contributed by atoms with Gasteiger partial charge in [0.2, 0.25) is 11.4 Å². The summed E-state index contributed by atoms with van der Waals surface area (Å²) in [6, 6.07) is 5.17. The maximum Gasteiger partial charge on any atom is 0.344 e. The van der Waals surface area contributed by atoms with E-state index in [9.17, 15) is 14.4 Å². The summed E-state index contributed by atoms with van der Waals surface area (Å²) in [5.41, 5.74) is -0.616. The topological polar surface area (TPSA) is 72.9 Å². The Bertz CT molecular complexity index is 612. The second-order valence-electron chi connectivity index (χ2n) is 4.65. The van der Waals surface area contributed by atoms with Crippen LogP contribution in [0.1, 0.15) is 12.5 Å². The first kappa shape index (κ1) is 15.5. The number of carbonyl (C=O) groups excluding carboxylic acids is 3. The molecule has 0 atom stereocenters. The zero-order valence-corrected chi connectivity index (χ0v) is 13.4. The van der Waals surface area contributed by atoms with E-state index in [0.717, 1.165) is 9.37 Å². The maximum atomic E-state index is 12.3. The highest BCUT2D eigenvalue weighted by molar-refractivity contribution is 9.10. The molecule has 1 amide bonds. The minimum absolute atomic E-state index is 0.0146. The minimum Gasteiger partial charge on any atom is -0.467 e. The molecule has 0 unspecified atom stereocenters. The Hall–Kier alpha value is -1.89. The molecule has 1 heterocycles. The van der Waals surface area contributed by atoms with E-state index in [0.29, 0.717) is 11.3 Å². The van der Waals surface area contributed by atoms with Gasteiger partial charge < -0.3 is 9.47 Å². The number of fused-ring (bicyclic) bond motifs is 1. The van der Waals surface area contributed by atoms with Crippen LogP contribution in [0.2, 0.25) is 0 Å². The van der Waals surface area contributed by atoms with Gasteiger partial charge in [-0.2, -0.15) is 0 Å². The van der Waals surface area contributed by atoms with Gasteiger partial charge in [0.25, 0.3) is 0 Å². The third-order valence-corrected chi connectivity index (χ3v) is 3.96. The highest BCUT2D eigenvalue weighted by Crippen LogP contribution is 2.41. The molecule has 0 aromatic heterocycles. The second-order valence-corrected chi connectivity index (χ2v) is 5.56. The molecular weight excluding hydrogens is 342 g/mol. The van der Waals surface area contributed by atoms with Crippen molar-refractivity contribution in [1.82, 2.24) is 0 Å². The molecule has 0 N–H and O–H groups in total. The van der Waals surface area contributed by atoms with Crippen molar-refractivity contribution in [2.45, 2.75) is 18.9 Å². The van der Waals surface area contributed by atoms with Crippen molar-refractivity contribution in [3.8, 4) is 0 Å². The maximum absolute atomic E-state index is 12.3. The fourth-order valence-corrected chi connectivity index (χ4v) is 3.07. The molecule has 0 fully saturated rings. The van der Waals surface area contributed by atoms with Crippen molar-refractivity contribution in [1.29, 1.82) is 0 Å². The average Bonchev–Trinajstić information content (AvgIpc) is 2.80. The first-order valence-electron chi connectivity index (χ1n) is 6.14. The normalized spacial score (nSPS) is 15.3. The molecule has 0 aliphatic carbocycles. The lowest BCUT2D eigenvalue weighted by Gasteiger charge is -2.32. The SMILES string of the molecule is COC(=O)C1(C(=O)OC)Cc2cc(Br)ccc2N1C(C)=O. The van der Waals surface area contributed by atoms with E-state index >= 15 is 0 Å². The fourth-order valence-electron chi connectivity index (χ4n) is 2.66. The Labute approximate surface area is 130 Å². The Morgan fingerprint density at radius 1 is 1.19 bits per heavy atom. The molecule has 1 aliphatic rings. The number of hydrogen-bond acceptors (Lipinski definition) is 5. The van der Waals surface area contributed by atoms with E-state index in [4.69, 9.17) is 9.47 Å². The van der Waals surface area contributed by atoms with Gasteiger partial charge in [0.05, 0.1) is 14.2 Å². The summed E-state index contributed by atoms with van der Waals surface area (Å²) in [7, 11) is 2.34. The molecule has 2 rings (SSSR count). The molecule has 6 nitrogen and oxygen atoms in total. The molecule has 0 radical (unpaired) electrons. The summed E-state index contributed by atoms with van der Waals surface area (Å²) in [5, 5.41) is 0. The van der Waals surface area contributed by atoms with E-state index < -0.39 is 23.4 Å². The van der Waals surface area contributed by atoms with Crippen molar-refractivity contribution in [3.05, 3.63) is 28.2 Å². The van der Waals surface area contributed by atoms with Crippen LogP contribution in [-0.2, 0) is 30.3 Å². The Kier molecular flexibility index (Phi) is 4.04. The fraction of sp³-hybridized carbons (Fsp3) is 0.357.